The second kappa shape index (κ2) is 8.15. The summed E-state index contributed by atoms with van der Waals surface area (Å²) < 4.78 is 1.67. The van der Waals surface area contributed by atoms with Crippen LogP contribution >= 0.6 is 11.6 Å². The first-order valence-electron chi connectivity index (χ1n) is 9.39. The Morgan fingerprint density at radius 2 is 1.86 bits per heavy atom. The Hall–Kier alpha value is -2.66. The molecule has 146 valence electrons. The molecule has 6 heteroatoms. The van der Waals surface area contributed by atoms with Crippen molar-refractivity contribution in [3.63, 3.8) is 0 Å². The summed E-state index contributed by atoms with van der Waals surface area (Å²) in [7, 11) is 0. The highest BCUT2D eigenvalue weighted by Gasteiger charge is 2.20. The molecular weight excluding hydrogens is 374 g/mol. The minimum atomic E-state index is -0.177. The third-order valence-electron chi connectivity index (χ3n) is 4.87. The largest absolute Gasteiger partial charge is 0.345 e. The van der Waals surface area contributed by atoms with E-state index in [1.165, 1.54) is 0 Å². The van der Waals surface area contributed by atoms with Crippen molar-refractivity contribution in [2.45, 2.75) is 40.3 Å². The molecule has 1 heterocycles. The van der Waals surface area contributed by atoms with E-state index in [9.17, 15) is 9.59 Å². The molecule has 1 aromatic heterocycles. The molecule has 1 amide bonds. The molecule has 3 rings (SSSR count). The summed E-state index contributed by atoms with van der Waals surface area (Å²) in [5.74, 6) is 0.0282. The maximum Gasteiger partial charge on any atom is 0.272 e. The van der Waals surface area contributed by atoms with Crippen LogP contribution < -0.4 is 10.9 Å². The summed E-state index contributed by atoms with van der Waals surface area (Å²) in [6, 6.07) is 12.6. The summed E-state index contributed by atoms with van der Waals surface area (Å²) in [4.78, 5) is 29.5. The number of carbonyl (C=O) groups excluding carboxylic acids is 1. The molecule has 1 N–H and O–H groups in total. The Bertz CT molecular complexity index is 1070. The number of benzene rings is 2. The second-order valence-corrected chi connectivity index (χ2v) is 7.63. The number of aromatic nitrogens is 2. The van der Waals surface area contributed by atoms with Crippen molar-refractivity contribution in [2.75, 3.05) is 0 Å². The van der Waals surface area contributed by atoms with Gasteiger partial charge in [-0.05, 0) is 55.7 Å². The molecule has 0 radical (unpaired) electrons. The van der Waals surface area contributed by atoms with Gasteiger partial charge in [0.2, 0.25) is 0 Å². The van der Waals surface area contributed by atoms with Crippen LogP contribution in [0.1, 0.15) is 48.4 Å². The first-order chi connectivity index (χ1) is 13.3. The van der Waals surface area contributed by atoms with Crippen molar-refractivity contribution < 1.29 is 4.79 Å². The summed E-state index contributed by atoms with van der Waals surface area (Å²) in [6.07, 6.45) is 0. The van der Waals surface area contributed by atoms with Crippen LogP contribution in [0, 0.1) is 12.8 Å². The van der Waals surface area contributed by atoms with Gasteiger partial charge >= 0.3 is 0 Å². The number of hydrogen-bond acceptors (Lipinski definition) is 3. The van der Waals surface area contributed by atoms with Crippen molar-refractivity contribution >= 4 is 28.5 Å². The van der Waals surface area contributed by atoms with Gasteiger partial charge in [-0.1, -0.05) is 37.6 Å². The summed E-state index contributed by atoms with van der Waals surface area (Å²) in [5, 5.41) is 3.77. The highest BCUT2D eigenvalue weighted by Crippen LogP contribution is 2.24. The van der Waals surface area contributed by atoms with Gasteiger partial charge in [0.15, 0.2) is 0 Å². The molecule has 1 atom stereocenters. The molecule has 2 aromatic carbocycles. The van der Waals surface area contributed by atoms with Gasteiger partial charge in [0.1, 0.15) is 5.69 Å². The number of rotatable bonds is 5. The van der Waals surface area contributed by atoms with E-state index in [0.29, 0.717) is 28.3 Å². The van der Waals surface area contributed by atoms with Gasteiger partial charge in [0, 0.05) is 17.1 Å². The molecule has 0 aliphatic carbocycles. The van der Waals surface area contributed by atoms with E-state index in [1.807, 2.05) is 31.2 Å². The minimum absolute atomic E-state index is 0.102. The number of aryl methyl sites for hydroxylation is 2. The van der Waals surface area contributed by atoms with Crippen molar-refractivity contribution in [3.8, 4) is 0 Å². The molecule has 1 unspecified atom stereocenters. The van der Waals surface area contributed by atoms with Crippen LogP contribution in [0.4, 0.5) is 0 Å². The first kappa shape index (κ1) is 20.1. The van der Waals surface area contributed by atoms with Crippen LogP contribution in [0.15, 0.2) is 47.3 Å². The Morgan fingerprint density at radius 3 is 2.46 bits per heavy atom. The lowest BCUT2D eigenvalue weighted by atomic mass is 9.95. The fraction of sp³-hybridized carbons (Fsp3) is 0.318. The smallest absolute Gasteiger partial charge is 0.272 e. The van der Waals surface area contributed by atoms with Gasteiger partial charge in [0.05, 0.1) is 17.1 Å². The predicted molar refractivity (Wildman–Crippen MR) is 113 cm³/mol. The first-order valence-corrected chi connectivity index (χ1v) is 9.77. The van der Waals surface area contributed by atoms with E-state index in [0.717, 1.165) is 11.1 Å². The van der Waals surface area contributed by atoms with E-state index in [2.05, 4.69) is 24.1 Å². The van der Waals surface area contributed by atoms with Crippen LogP contribution in [0.25, 0.3) is 11.0 Å². The predicted octanol–water partition coefficient (Wildman–Crippen LogP) is 4.51. The number of halogens is 1. The maximum absolute atomic E-state index is 12.9. The lowest BCUT2D eigenvalue weighted by Gasteiger charge is -2.23. The molecule has 0 bridgehead atoms. The zero-order valence-corrected chi connectivity index (χ0v) is 17.2. The number of nitrogens with zero attached hydrogens (tertiary/aromatic N) is 2. The minimum Gasteiger partial charge on any atom is -0.345 e. The molecular formula is C22H24ClN3O2. The van der Waals surface area contributed by atoms with Crippen LogP contribution in [0.3, 0.4) is 0 Å². The van der Waals surface area contributed by atoms with E-state index >= 15 is 0 Å². The lowest BCUT2D eigenvalue weighted by molar-refractivity contribution is 0.0925. The van der Waals surface area contributed by atoms with Crippen LogP contribution in [-0.2, 0) is 6.54 Å². The van der Waals surface area contributed by atoms with E-state index in [4.69, 9.17) is 11.6 Å². The SMILES string of the molecule is CCn1c(=O)c(C)nc2cc(C(=O)NC(c3ccc(Cl)cc3)C(C)C)ccc21. The van der Waals surface area contributed by atoms with E-state index in [-0.39, 0.29) is 23.4 Å². The van der Waals surface area contributed by atoms with Crippen molar-refractivity contribution in [3.05, 3.63) is 74.7 Å². The number of nitrogens with one attached hydrogen (secondary N) is 1. The number of carbonyl (C=O) groups is 1. The van der Waals surface area contributed by atoms with Gasteiger partial charge in [-0.2, -0.15) is 0 Å². The molecule has 0 fully saturated rings. The third-order valence-corrected chi connectivity index (χ3v) is 5.12. The fourth-order valence-corrected chi connectivity index (χ4v) is 3.49. The maximum atomic E-state index is 12.9. The van der Waals surface area contributed by atoms with Gasteiger partial charge in [-0.25, -0.2) is 4.98 Å². The second-order valence-electron chi connectivity index (χ2n) is 7.20. The molecule has 0 saturated carbocycles. The van der Waals surface area contributed by atoms with Crippen LogP contribution in [-0.4, -0.2) is 15.5 Å². The zero-order chi connectivity index (χ0) is 20.4. The quantitative estimate of drug-likeness (QED) is 0.689. The molecule has 28 heavy (non-hydrogen) atoms. The summed E-state index contributed by atoms with van der Waals surface area (Å²) >= 11 is 5.98. The number of hydrogen-bond donors (Lipinski definition) is 1. The van der Waals surface area contributed by atoms with Gasteiger partial charge in [-0.3, -0.25) is 9.59 Å². The highest BCUT2D eigenvalue weighted by atomic mass is 35.5. The standard InChI is InChI=1S/C22H24ClN3O2/c1-5-26-19-11-8-16(12-18(19)24-14(4)22(26)28)21(27)25-20(13(2)3)15-6-9-17(23)10-7-15/h6-13,20H,5H2,1-4H3,(H,25,27). The average Bonchev–Trinajstić information content (AvgIpc) is 2.67. The van der Waals surface area contributed by atoms with Crippen molar-refractivity contribution in [1.82, 2.24) is 14.9 Å². The van der Waals surface area contributed by atoms with Crippen LogP contribution in [0.5, 0.6) is 0 Å². The number of amides is 1. The monoisotopic (exact) mass is 397 g/mol. The Labute approximate surface area is 169 Å². The van der Waals surface area contributed by atoms with Crippen LogP contribution in [0.2, 0.25) is 5.02 Å². The molecule has 0 saturated heterocycles. The van der Waals surface area contributed by atoms with Gasteiger partial charge in [-0.15, -0.1) is 0 Å². The Kier molecular flexibility index (Phi) is 5.84. The average molecular weight is 398 g/mol. The normalized spacial score (nSPS) is 12.4. The van der Waals surface area contributed by atoms with E-state index in [1.54, 1.807) is 29.7 Å². The van der Waals surface area contributed by atoms with E-state index < -0.39 is 0 Å². The third kappa shape index (κ3) is 3.94. The van der Waals surface area contributed by atoms with Crippen molar-refractivity contribution in [1.29, 1.82) is 0 Å². The lowest BCUT2D eigenvalue weighted by Crippen LogP contribution is -2.32. The topological polar surface area (TPSA) is 64.0 Å². The number of fused-ring (bicyclic) bond motifs is 1. The molecule has 0 aliphatic rings. The highest BCUT2D eigenvalue weighted by molar-refractivity contribution is 6.30. The molecule has 0 spiro atoms. The van der Waals surface area contributed by atoms with Gasteiger partial charge < -0.3 is 9.88 Å². The molecule has 3 aromatic rings. The zero-order valence-electron chi connectivity index (χ0n) is 16.5. The summed E-state index contributed by atoms with van der Waals surface area (Å²) in [6.45, 7) is 8.28. The Balaban J connectivity index is 1.95. The Morgan fingerprint density at radius 1 is 1.18 bits per heavy atom. The van der Waals surface area contributed by atoms with Crippen molar-refractivity contribution in [2.24, 2.45) is 5.92 Å². The van der Waals surface area contributed by atoms with Gasteiger partial charge in [0.25, 0.3) is 11.5 Å². The summed E-state index contributed by atoms with van der Waals surface area (Å²) in [5.41, 5.74) is 3.21. The molecule has 5 nitrogen and oxygen atoms in total. The fourth-order valence-electron chi connectivity index (χ4n) is 3.36. The molecule has 0 aliphatic heterocycles.